The van der Waals surface area contributed by atoms with Gasteiger partial charge in [-0.05, 0) is 42.9 Å². The van der Waals surface area contributed by atoms with E-state index in [1.165, 1.54) is 4.90 Å². The van der Waals surface area contributed by atoms with Crippen LogP contribution >= 0.6 is 0 Å². The van der Waals surface area contributed by atoms with Gasteiger partial charge in [0.2, 0.25) is 11.8 Å². The number of rotatable bonds is 3. The van der Waals surface area contributed by atoms with Gasteiger partial charge in [0.15, 0.2) is 0 Å². The van der Waals surface area contributed by atoms with Crippen molar-refractivity contribution in [2.45, 2.75) is 19.4 Å². The van der Waals surface area contributed by atoms with E-state index in [2.05, 4.69) is 12.2 Å². The van der Waals surface area contributed by atoms with Crippen LogP contribution in [0.2, 0.25) is 0 Å². The van der Waals surface area contributed by atoms with E-state index in [-0.39, 0.29) is 41.5 Å². The fraction of sp³-hybridized carbons (Fsp3) is 0.444. The van der Waals surface area contributed by atoms with Crippen molar-refractivity contribution in [2.75, 3.05) is 7.11 Å². The average Bonchev–Trinajstić information content (AvgIpc) is 3.21. The van der Waals surface area contributed by atoms with Crippen molar-refractivity contribution in [1.29, 1.82) is 0 Å². The Morgan fingerprint density at radius 2 is 1.59 bits per heavy atom. The van der Waals surface area contributed by atoms with Gasteiger partial charge in [0, 0.05) is 0 Å². The van der Waals surface area contributed by atoms with E-state index in [4.69, 9.17) is 4.74 Å². The second kappa shape index (κ2) is 4.70. The lowest BCUT2D eigenvalue weighted by atomic mass is 9.85. The highest BCUT2D eigenvalue weighted by Crippen LogP contribution is 2.53. The number of imide groups is 1. The number of carbonyl (C=O) groups excluding carboxylic acids is 2. The molecular formula is C18H19NO3. The van der Waals surface area contributed by atoms with Gasteiger partial charge in [0.05, 0.1) is 25.0 Å². The first-order chi connectivity index (χ1) is 10.6. The number of nitrogens with zero attached hydrogens (tertiary/aromatic N) is 1. The summed E-state index contributed by atoms with van der Waals surface area (Å²) in [6.45, 7) is 1.92. The third kappa shape index (κ3) is 1.70. The van der Waals surface area contributed by atoms with Crippen molar-refractivity contribution in [3.05, 3.63) is 42.0 Å². The molecule has 0 N–H and O–H groups in total. The van der Waals surface area contributed by atoms with Crippen LogP contribution < -0.4 is 4.74 Å². The van der Waals surface area contributed by atoms with Crippen LogP contribution in [-0.2, 0) is 9.59 Å². The molecular weight excluding hydrogens is 278 g/mol. The van der Waals surface area contributed by atoms with Crippen molar-refractivity contribution >= 4 is 11.8 Å². The average molecular weight is 297 g/mol. The van der Waals surface area contributed by atoms with E-state index in [9.17, 15) is 9.59 Å². The Kier molecular flexibility index (Phi) is 2.90. The Balaban J connectivity index is 1.62. The van der Waals surface area contributed by atoms with Crippen LogP contribution in [0.25, 0.3) is 0 Å². The number of amides is 2. The van der Waals surface area contributed by atoms with Crippen molar-refractivity contribution in [2.24, 2.45) is 23.7 Å². The SMILES string of the molecule is COc1ccc([C@H](C)N2C(=O)[C@@H]3[C@H](C2=O)[C@H]2C=C[C@@H]3C2)cc1. The number of carbonyl (C=O) groups is 2. The molecule has 2 fully saturated rings. The topological polar surface area (TPSA) is 46.6 Å². The van der Waals surface area contributed by atoms with Gasteiger partial charge < -0.3 is 4.74 Å². The molecule has 3 aliphatic rings. The van der Waals surface area contributed by atoms with Gasteiger partial charge >= 0.3 is 0 Å². The summed E-state index contributed by atoms with van der Waals surface area (Å²) in [6.07, 6.45) is 5.22. The second-order valence-electron chi connectivity index (χ2n) is 6.50. The zero-order chi connectivity index (χ0) is 15.4. The van der Waals surface area contributed by atoms with E-state index < -0.39 is 0 Å². The number of fused-ring (bicyclic) bond motifs is 5. The standard InChI is InChI=1S/C18H19NO3/c1-10(11-5-7-14(22-2)8-6-11)19-17(20)15-12-3-4-13(9-12)16(15)18(19)21/h3-8,10,12-13,15-16H,9H2,1-2H3/t10-,12-,13+,15+,16-/m0/s1. The summed E-state index contributed by atoms with van der Waals surface area (Å²) < 4.78 is 5.16. The number of methoxy groups -OCH3 is 1. The van der Waals surface area contributed by atoms with Crippen molar-refractivity contribution in [1.82, 2.24) is 4.90 Å². The van der Waals surface area contributed by atoms with E-state index >= 15 is 0 Å². The number of benzene rings is 1. The lowest BCUT2D eigenvalue weighted by molar-refractivity contribution is -0.143. The van der Waals surface area contributed by atoms with Crippen LogP contribution in [0.5, 0.6) is 5.75 Å². The van der Waals surface area contributed by atoms with Gasteiger partial charge in [-0.1, -0.05) is 24.3 Å². The molecule has 1 aromatic carbocycles. The predicted molar refractivity (Wildman–Crippen MR) is 81.0 cm³/mol. The maximum atomic E-state index is 12.8. The lowest BCUT2D eigenvalue weighted by Gasteiger charge is -2.25. The molecule has 4 heteroatoms. The largest absolute Gasteiger partial charge is 0.497 e. The maximum Gasteiger partial charge on any atom is 0.234 e. The molecule has 0 spiro atoms. The molecule has 22 heavy (non-hydrogen) atoms. The van der Waals surface area contributed by atoms with Gasteiger partial charge in [-0.2, -0.15) is 0 Å². The minimum atomic E-state index is -0.226. The zero-order valence-electron chi connectivity index (χ0n) is 12.7. The first-order valence-electron chi connectivity index (χ1n) is 7.81. The molecule has 114 valence electrons. The highest BCUT2D eigenvalue weighted by atomic mass is 16.5. The first kappa shape index (κ1) is 13.6. The molecule has 1 heterocycles. The molecule has 0 aromatic heterocycles. The van der Waals surface area contributed by atoms with Crippen LogP contribution in [0, 0.1) is 23.7 Å². The Bertz CT molecular complexity index is 633. The molecule has 0 unspecified atom stereocenters. The van der Waals surface area contributed by atoms with Crippen molar-refractivity contribution < 1.29 is 14.3 Å². The second-order valence-corrected chi connectivity index (χ2v) is 6.50. The van der Waals surface area contributed by atoms with Crippen molar-refractivity contribution in [3.8, 4) is 5.75 Å². The Labute approximate surface area is 129 Å². The summed E-state index contributed by atoms with van der Waals surface area (Å²) >= 11 is 0. The summed E-state index contributed by atoms with van der Waals surface area (Å²) in [6, 6.07) is 7.35. The fourth-order valence-corrected chi connectivity index (χ4v) is 4.34. The zero-order valence-corrected chi connectivity index (χ0v) is 12.7. The number of hydrogen-bond donors (Lipinski definition) is 0. The van der Waals surface area contributed by atoms with Gasteiger partial charge in [-0.3, -0.25) is 14.5 Å². The maximum absolute atomic E-state index is 12.8. The lowest BCUT2D eigenvalue weighted by Crippen LogP contribution is -2.35. The van der Waals surface area contributed by atoms with Crippen LogP contribution in [-0.4, -0.2) is 23.8 Å². The molecule has 4 rings (SSSR count). The van der Waals surface area contributed by atoms with E-state index in [0.29, 0.717) is 0 Å². The van der Waals surface area contributed by atoms with Crippen LogP contribution in [0.3, 0.4) is 0 Å². The number of ether oxygens (including phenoxy) is 1. The van der Waals surface area contributed by atoms with Gasteiger partial charge in [0.25, 0.3) is 0 Å². The minimum absolute atomic E-state index is 0.00941. The van der Waals surface area contributed by atoms with Gasteiger partial charge in [-0.25, -0.2) is 0 Å². The molecule has 5 atom stereocenters. The highest BCUT2D eigenvalue weighted by molar-refractivity contribution is 6.06. The van der Waals surface area contributed by atoms with E-state index in [1.807, 2.05) is 31.2 Å². The molecule has 1 saturated heterocycles. The van der Waals surface area contributed by atoms with Gasteiger partial charge in [-0.15, -0.1) is 0 Å². The fourth-order valence-electron chi connectivity index (χ4n) is 4.34. The molecule has 1 saturated carbocycles. The van der Waals surface area contributed by atoms with E-state index in [0.717, 1.165) is 17.7 Å². The molecule has 2 bridgehead atoms. The smallest absolute Gasteiger partial charge is 0.234 e. The quantitative estimate of drug-likeness (QED) is 0.636. The molecule has 2 aliphatic carbocycles. The normalized spacial score (nSPS) is 33.5. The Morgan fingerprint density at radius 3 is 2.09 bits per heavy atom. The van der Waals surface area contributed by atoms with Crippen LogP contribution in [0.4, 0.5) is 0 Å². The highest BCUT2D eigenvalue weighted by Gasteiger charge is 2.60. The molecule has 0 radical (unpaired) electrons. The third-order valence-electron chi connectivity index (χ3n) is 5.49. The summed E-state index contributed by atoms with van der Waals surface area (Å²) in [5, 5.41) is 0. The summed E-state index contributed by atoms with van der Waals surface area (Å²) in [5.41, 5.74) is 0.961. The van der Waals surface area contributed by atoms with Gasteiger partial charge in [0.1, 0.15) is 5.75 Å². The molecule has 4 nitrogen and oxygen atoms in total. The minimum Gasteiger partial charge on any atom is -0.497 e. The number of hydrogen-bond acceptors (Lipinski definition) is 3. The van der Waals surface area contributed by atoms with Crippen molar-refractivity contribution in [3.63, 3.8) is 0 Å². The molecule has 1 aromatic rings. The number of allylic oxidation sites excluding steroid dienone is 2. The number of likely N-dealkylation sites (tertiary alicyclic amines) is 1. The Hall–Kier alpha value is -2.10. The first-order valence-corrected chi connectivity index (χ1v) is 7.81. The summed E-state index contributed by atoms with van der Waals surface area (Å²) in [4.78, 5) is 27.0. The Morgan fingerprint density at radius 1 is 1.05 bits per heavy atom. The monoisotopic (exact) mass is 297 g/mol. The summed E-state index contributed by atoms with van der Waals surface area (Å²) in [7, 11) is 1.62. The van der Waals surface area contributed by atoms with E-state index in [1.54, 1.807) is 7.11 Å². The van der Waals surface area contributed by atoms with Crippen LogP contribution in [0.1, 0.15) is 24.9 Å². The molecule has 1 aliphatic heterocycles. The van der Waals surface area contributed by atoms with Crippen LogP contribution in [0.15, 0.2) is 36.4 Å². The summed E-state index contributed by atoms with van der Waals surface area (Å²) in [5.74, 6) is 1.07. The molecule has 2 amide bonds. The predicted octanol–water partition coefficient (Wildman–Crippen LogP) is 2.56. The third-order valence-corrected chi connectivity index (χ3v) is 5.49.